The predicted octanol–water partition coefficient (Wildman–Crippen LogP) is 8.11. The zero-order valence-electron chi connectivity index (χ0n) is 25.1. The molecule has 0 saturated heterocycles. The van der Waals surface area contributed by atoms with E-state index in [0.717, 1.165) is 43.0 Å². The van der Waals surface area contributed by atoms with Crippen molar-refractivity contribution in [1.29, 1.82) is 0 Å². The largest absolute Gasteiger partial charge is 0.496 e. The number of amides is 1. The van der Waals surface area contributed by atoms with Gasteiger partial charge in [-0.05, 0) is 12.5 Å². The van der Waals surface area contributed by atoms with E-state index in [1.165, 1.54) is 83.5 Å². The van der Waals surface area contributed by atoms with Gasteiger partial charge in [-0.15, -0.1) is 0 Å². The molecular formula is C34H55N2O3+. The van der Waals surface area contributed by atoms with Gasteiger partial charge in [0.25, 0.3) is 0 Å². The summed E-state index contributed by atoms with van der Waals surface area (Å²) in [6, 6.07) is 11.9. The molecule has 0 atom stereocenters. The van der Waals surface area contributed by atoms with Crippen molar-refractivity contribution in [3.8, 4) is 11.5 Å². The van der Waals surface area contributed by atoms with Crippen LogP contribution >= 0.6 is 0 Å². The first-order valence-electron chi connectivity index (χ1n) is 15.7. The topological polar surface area (TPSA) is 51.4 Å². The Morgan fingerprint density at radius 3 is 2.05 bits per heavy atom. The van der Waals surface area contributed by atoms with E-state index < -0.39 is 0 Å². The lowest BCUT2D eigenvalue weighted by Crippen LogP contribution is -2.40. The molecule has 1 N–H and O–H groups in total. The monoisotopic (exact) mass is 539 g/mol. The number of aromatic nitrogens is 1. The van der Waals surface area contributed by atoms with Crippen molar-refractivity contribution >= 4 is 5.91 Å². The first kappa shape index (κ1) is 32.7. The van der Waals surface area contributed by atoms with Gasteiger partial charge in [-0.3, -0.25) is 4.79 Å². The Labute approximate surface area is 238 Å². The number of nitrogens with zero attached hydrogens (tertiary/aromatic N) is 1. The molecule has 1 heterocycles. The fraction of sp³-hybridized carbons (Fsp3) is 0.647. The minimum atomic E-state index is -0.0173. The van der Waals surface area contributed by atoms with E-state index in [9.17, 15) is 4.79 Å². The number of benzene rings is 1. The van der Waals surface area contributed by atoms with Crippen LogP contribution in [0.1, 0.15) is 121 Å². The summed E-state index contributed by atoms with van der Waals surface area (Å²) in [6.45, 7) is 6.62. The molecule has 0 saturated carbocycles. The Hall–Kier alpha value is -2.56. The first-order chi connectivity index (χ1) is 19.2. The van der Waals surface area contributed by atoms with Crippen LogP contribution in [-0.4, -0.2) is 19.6 Å². The summed E-state index contributed by atoms with van der Waals surface area (Å²) < 4.78 is 13.7. The average molecular weight is 540 g/mol. The quantitative estimate of drug-likeness (QED) is 0.115. The second kappa shape index (κ2) is 21.3. The van der Waals surface area contributed by atoms with Crippen LogP contribution in [0.2, 0.25) is 0 Å². The lowest BCUT2D eigenvalue weighted by Gasteiger charge is -2.12. The fourth-order valence-corrected chi connectivity index (χ4v) is 5.00. The highest BCUT2D eigenvalue weighted by molar-refractivity contribution is 5.79. The lowest BCUT2D eigenvalue weighted by molar-refractivity contribution is -0.704. The van der Waals surface area contributed by atoms with Gasteiger partial charge in [0, 0.05) is 30.2 Å². The Balaban J connectivity index is 1.57. The van der Waals surface area contributed by atoms with Gasteiger partial charge in [-0.25, -0.2) is 4.57 Å². The van der Waals surface area contributed by atoms with Crippen LogP contribution in [0.25, 0.3) is 0 Å². The number of aryl methyl sites for hydroxylation is 1. The summed E-state index contributed by atoms with van der Waals surface area (Å²) in [5.41, 5.74) is 1.97. The van der Waals surface area contributed by atoms with Gasteiger partial charge in [0.2, 0.25) is 11.6 Å². The maximum Gasteiger partial charge on any atom is 0.225 e. The summed E-state index contributed by atoms with van der Waals surface area (Å²) in [4.78, 5) is 12.6. The first-order valence-corrected chi connectivity index (χ1v) is 15.7. The third-order valence-corrected chi connectivity index (χ3v) is 7.34. The van der Waals surface area contributed by atoms with Crippen LogP contribution in [0.15, 0.2) is 42.6 Å². The minimum absolute atomic E-state index is 0.0173. The van der Waals surface area contributed by atoms with Crippen LogP contribution in [0.5, 0.6) is 11.5 Å². The van der Waals surface area contributed by atoms with Crippen molar-refractivity contribution in [3.05, 3.63) is 53.9 Å². The van der Waals surface area contributed by atoms with Crippen LogP contribution in [0, 0.1) is 0 Å². The maximum atomic E-state index is 12.6. The molecule has 1 amide bonds. The highest BCUT2D eigenvalue weighted by Gasteiger charge is 2.13. The maximum absolute atomic E-state index is 12.6. The summed E-state index contributed by atoms with van der Waals surface area (Å²) in [5.74, 6) is 1.48. The molecule has 39 heavy (non-hydrogen) atoms. The summed E-state index contributed by atoms with van der Waals surface area (Å²) in [6.07, 6.45) is 22.3. The van der Waals surface area contributed by atoms with Crippen molar-refractivity contribution < 1.29 is 18.8 Å². The molecule has 2 aromatic rings. The molecule has 0 aliphatic carbocycles. The smallest absolute Gasteiger partial charge is 0.225 e. The third kappa shape index (κ3) is 14.4. The van der Waals surface area contributed by atoms with Crippen molar-refractivity contribution in [3.63, 3.8) is 0 Å². The fourth-order valence-electron chi connectivity index (χ4n) is 5.00. The normalized spacial score (nSPS) is 10.9. The Kier molecular flexibility index (Phi) is 17.8. The standard InChI is InChI=1S/C34H54N2O3/c1-4-6-7-8-9-10-11-12-13-14-15-16-17-20-26-39-32-23-22-30(33(28-32)38-3)27-34(37)35-29-31-21-18-19-25-36(31)24-5-2/h18-19,21-23,25,28H,4-17,20,24,26-27,29H2,1-3H3/p+1. The third-order valence-electron chi connectivity index (χ3n) is 7.34. The number of hydrogen-bond donors (Lipinski definition) is 1. The SMILES string of the molecule is CCCCCCCCCCCCCCCCOc1ccc(CC(=O)NCc2cccc[n+]2CCC)c(OC)c1. The summed E-state index contributed by atoms with van der Waals surface area (Å²) in [7, 11) is 1.64. The van der Waals surface area contributed by atoms with E-state index in [1.807, 2.05) is 30.3 Å². The second-order valence-electron chi connectivity index (χ2n) is 10.8. The van der Waals surface area contributed by atoms with Gasteiger partial charge >= 0.3 is 0 Å². The molecule has 0 spiro atoms. The number of carbonyl (C=O) groups is 1. The Bertz CT molecular complexity index is 915. The van der Waals surface area contributed by atoms with Crippen molar-refractivity contribution in [2.75, 3.05) is 13.7 Å². The molecule has 0 unspecified atom stereocenters. The van der Waals surface area contributed by atoms with Gasteiger partial charge in [0.15, 0.2) is 6.20 Å². The zero-order chi connectivity index (χ0) is 28.0. The van der Waals surface area contributed by atoms with Crippen LogP contribution < -0.4 is 19.4 Å². The van der Waals surface area contributed by atoms with E-state index in [2.05, 4.69) is 36.0 Å². The van der Waals surface area contributed by atoms with Gasteiger partial charge in [-0.1, -0.05) is 109 Å². The molecule has 5 nitrogen and oxygen atoms in total. The number of pyridine rings is 1. The van der Waals surface area contributed by atoms with Crippen molar-refractivity contribution in [2.45, 2.75) is 130 Å². The lowest BCUT2D eigenvalue weighted by atomic mass is 10.0. The number of carbonyl (C=O) groups excluding carboxylic acids is 1. The Morgan fingerprint density at radius 2 is 1.44 bits per heavy atom. The predicted molar refractivity (Wildman–Crippen MR) is 161 cm³/mol. The number of hydrogen-bond acceptors (Lipinski definition) is 3. The van der Waals surface area contributed by atoms with E-state index in [-0.39, 0.29) is 12.3 Å². The molecule has 0 aliphatic heterocycles. The molecule has 5 heteroatoms. The van der Waals surface area contributed by atoms with Crippen LogP contribution in [-0.2, 0) is 24.3 Å². The van der Waals surface area contributed by atoms with E-state index in [1.54, 1.807) is 7.11 Å². The number of unbranched alkanes of at least 4 members (excludes halogenated alkanes) is 13. The van der Waals surface area contributed by atoms with E-state index >= 15 is 0 Å². The molecule has 0 aliphatic rings. The van der Waals surface area contributed by atoms with Gasteiger partial charge in [0.05, 0.1) is 20.1 Å². The van der Waals surface area contributed by atoms with Crippen molar-refractivity contribution in [2.24, 2.45) is 0 Å². The highest BCUT2D eigenvalue weighted by atomic mass is 16.5. The van der Waals surface area contributed by atoms with Crippen molar-refractivity contribution in [1.82, 2.24) is 5.32 Å². The molecule has 2 rings (SSSR count). The average Bonchev–Trinajstić information content (AvgIpc) is 2.95. The second-order valence-corrected chi connectivity index (χ2v) is 10.8. The number of rotatable bonds is 23. The van der Waals surface area contributed by atoms with Gasteiger partial charge in [-0.2, -0.15) is 0 Å². The summed E-state index contributed by atoms with van der Waals surface area (Å²) >= 11 is 0. The van der Waals surface area contributed by atoms with E-state index in [0.29, 0.717) is 12.3 Å². The number of nitrogens with one attached hydrogen (secondary N) is 1. The molecule has 1 aromatic carbocycles. The zero-order valence-corrected chi connectivity index (χ0v) is 25.1. The molecule has 0 bridgehead atoms. The number of ether oxygens (including phenoxy) is 2. The number of methoxy groups -OCH3 is 1. The molecule has 218 valence electrons. The molecule has 0 fully saturated rings. The van der Waals surface area contributed by atoms with Crippen LogP contribution in [0.4, 0.5) is 0 Å². The minimum Gasteiger partial charge on any atom is -0.496 e. The van der Waals surface area contributed by atoms with Gasteiger partial charge in [0.1, 0.15) is 24.6 Å². The molecule has 0 radical (unpaired) electrons. The van der Waals surface area contributed by atoms with Crippen LogP contribution in [0.3, 0.4) is 0 Å². The van der Waals surface area contributed by atoms with Gasteiger partial charge < -0.3 is 14.8 Å². The molecule has 1 aromatic heterocycles. The molecular weight excluding hydrogens is 484 g/mol. The Morgan fingerprint density at radius 1 is 0.795 bits per heavy atom. The van der Waals surface area contributed by atoms with E-state index in [4.69, 9.17) is 9.47 Å². The highest BCUT2D eigenvalue weighted by Crippen LogP contribution is 2.25. The summed E-state index contributed by atoms with van der Waals surface area (Å²) in [5, 5.41) is 3.05.